The van der Waals surface area contributed by atoms with Crippen LogP contribution in [0.15, 0.2) is 4.52 Å². The number of nitrogens with two attached hydrogens (primary N) is 1. The standard InChI is InChI=1S/C12H22N4O/c1-3-11-14-12(17-15-11)8-16-6-4-5-10(7-16)9(2)13/h9-10H,3-8,13H2,1-2H3. The van der Waals surface area contributed by atoms with Crippen molar-refractivity contribution < 1.29 is 4.52 Å². The molecule has 17 heavy (non-hydrogen) atoms. The molecule has 2 unspecified atom stereocenters. The molecule has 1 saturated heterocycles. The summed E-state index contributed by atoms with van der Waals surface area (Å²) in [6, 6.07) is 0.270. The fourth-order valence-electron chi connectivity index (χ4n) is 2.35. The van der Waals surface area contributed by atoms with E-state index in [9.17, 15) is 0 Å². The second-order valence-electron chi connectivity index (χ2n) is 4.95. The number of likely N-dealkylation sites (tertiary alicyclic amines) is 1. The Labute approximate surface area is 102 Å². The highest BCUT2D eigenvalue weighted by atomic mass is 16.5. The fraction of sp³-hybridized carbons (Fsp3) is 0.833. The van der Waals surface area contributed by atoms with Gasteiger partial charge in [-0.1, -0.05) is 12.1 Å². The van der Waals surface area contributed by atoms with E-state index in [1.807, 2.05) is 6.92 Å². The van der Waals surface area contributed by atoms with Crippen LogP contribution in [0.1, 0.15) is 38.4 Å². The molecule has 0 aliphatic carbocycles. The smallest absolute Gasteiger partial charge is 0.240 e. The van der Waals surface area contributed by atoms with Crippen molar-refractivity contribution in [2.45, 2.75) is 45.7 Å². The van der Waals surface area contributed by atoms with Crippen molar-refractivity contribution in [3.63, 3.8) is 0 Å². The van der Waals surface area contributed by atoms with Gasteiger partial charge < -0.3 is 10.3 Å². The number of hydrogen-bond acceptors (Lipinski definition) is 5. The lowest BCUT2D eigenvalue weighted by Gasteiger charge is -2.33. The topological polar surface area (TPSA) is 68.2 Å². The Kier molecular flexibility index (Phi) is 4.12. The van der Waals surface area contributed by atoms with Crippen molar-refractivity contribution in [3.8, 4) is 0 Å². The lowest BCUT2D eigenvalue weighted by Crippen LogP contribution is -2.41. The molecule has 1 aliphatic heterocycles. The maximum Gasteiger partial charge on any atom is 0.240 e. The third-order valence-corrected chi connectivity index (χ3v) is 3.47. The summed E-state index contributed by atoms with van der Waals surface area (Å²) < 4.78 is 5.22. The lowest BCUT2D eigenvalue weighted by atomic mass is 9.92. The highest BCUT2D eigenvalue weighted by Gasteiger charge is 2.23. The SMILES string of the molecule is CCc1noc(CN2CCCC(C(C)N)C2)n1. The number of piperidine rings is 1. The lowest BCUT2D eigenvalue weighted by molar-refractivity contribution is 0.139. The second kappa shape index (κ2) is 5.60. The molecule has 0 aromatic carbocycles. The number of hydrogen-bond donors (Lipinski definition) is 1. The Morgan fingerprint density at radius 3 is 3.06 bits per heavy atom. The molecule has 5 heteroatoms. The molecular weight excluding hydrogens is 216 g/mol. The van der Waals surface area contributed by atoms with Crippen LogP contribution in [0.3, 0.4) is 0 Å². The zero-order valence-corrected chi connectivity index (χ0v) is 10.7. The molecule has 0 radical (unpaired) electrons. The van der Waals surface area contributed by atoms with E-state index in [1.54, 1.807) is 0 Å². The van der Waals surface area contributed by atoms with E-state index < -0.39 is 0 Å². The third kappa shape index (κ3) is 3.26. The molecule has 1 fully saturated rings. The highest BCUT2D eigenvalue weighted by Crippen LogP contribution is 2.20. The van der Waals surface area contributed by atoms with E-state index in [0.29, 0.717) is 5.92 Å². The molecule has 2 rings (SSSR count). The summed E-state index contributed by atoms with van der Waals surface area (Å²) in [5.74, 6) is 2.12. The average molecular weight is 238 g/mol. The van der Waals surface area contributed by atoms with Crippen LogP contribution in [0.25, 0.3) is 0 Å². The summed E-state index contributed by atoms with van der Waals surface area (Å²) in [6.45, 7) is 7.03. The quantitative estimate of drug-likeness (QED) is 0.853. The number of aromatic nitrogens is 2. The highest BCUT2D eigenvalue weighted by molar-refractivity contribution is 4.87. The molecule has 2 heterocycles. The molecule has 0 spiro atoms. The van der Waals surface area contributed by atoms with Gasteiger partial charge in [-0.05, 0) is 32.2 Å². The van der Waals surface area contributed by atoms with E-state index in [1.165, 1.54) is 12.8 Å². The first-order valence-electron chi connectivity index (χ1n) is 6.48. The normalized spacial score (nSPS) is 23.8. The van der Waals surface area contributed by atoms with Crippen molar-refractivity contribution >= 4 is 0 Å². The van der Waals surface area contributed by atoms with E-state index >= 15 is 0 Å². The molecule has 0 amide bonds. The summed E-state index contributed by atoms with van der Waals surface area (Å²) in [6.07, 6.45) is 3.27. The van der Waals surface area contributed by atoms with Crippen LogP contribution in [0, 0.1) is 5.92 Å². The molecular formula is C12H22N4O. The molecule has 1 aromatic rings. The molecule has 2 N–H and O–H groups in total. The minimum absolute atomic E-state index is 0.270. The molecule has 96 valence electrons. The zero-order chi connectivity index (χ0) is 12.3. The fourth-order valence-corrected chi connectivity index (χ4v) is 2.35. The van der Waals surface area contributed by atoms with Crippen molar-refractivity contribution in [3.05, 3.63) is 11.7 Å². The first kappa shape index (κ1) is 12.5. The van der Waals surface area contributed by atoms with Crippen LogP contribution >= 0.6 is 0 Å². The Morgan fingerprint density at radius 2 is 2.41 bits per heavy atom. The van der Waals surface area contributed by atoms with Crippen LogP contribution < -0.4 is 5.73 Å². The number of rotatable bonds is 4. The van der Waals surface area contributed by atoms with Crippen LogP contribution in [-0.4, -0.2) is 34.2 Å². The monoisotopic (exact) mass is 238 g/mol. The van der Waals surface area contributed by atoms with Crippen molar-refractivity contribution in [2.24, 2.45) is 11.7 Å². The van der Waals surface area contributed by atoms with Crippen LogP contribution in [0.5, 0.6) is 0 Å². The Morgan fingerprint density at radius 1 is 1.59 bits per heavy atom. The molecule has 1 aromatic heterocycles. The first-order valence-corrected chi connectivity index (χ1v) is 6.48. The van der Waals surface area contributed by atoms with Crippen LogP contribution in [0.4, 0.5) is 0 Å². The molecule has 5 nitrogen and oxygen atoms in total. The third-order valence-electron chi connectivity index (χ3n) is 3.47. The van der Waals surface area contributed by atoms with Gasteiger partial charge in [-0.25, -0.2) is 0 Å². The molecule has 2 atom stereocenters. The minimum atomic E-state index is 0.270. The number of aryl methyl sites for hydroxylation is 1. The average Bonchev–Trinajstić information content (AvgIpc) is 2.77. The van der Waals surface area contributed by atoms with Gasteiger partial charge in [-0.3, -0.25) is 4.90 Å². The predicted octanol–water partition coefficient (Wildman–Crippen LogP) is 1.19. The minimum Gasteiger partial charge on any atom is -0.338 e. The van der Waals surface area contributed by atoms with Gasteiger partial charge in [-0.15, -0.1) is 0 Å². The summed E-state index contributed by atoms with van der Waals surface area (Å²) in [5, 5.41) is 3.92. The van der Waals surface area contributed by atoms with Gasteiger partial charge in [0.25, 0.3) is 0 Å². The summed E-state index contributed by atoms with van der Waals surface area (Å²) in [5.41, 5.74) is 5.97. The summed E-state index contributed by atoms with van der Waals surface area (Å²) in [4.78, 5) is 6.71. The molecule has 0 saturated carbocycles. The second-order valence-corrected chi connectivity index (χ2v) is 4.95. The van der Waals surface area contributed by atoms with E-state index in [0.717, 1.165) is 37.8 Å². The van der Waals surface area contributed by atoms with E-state index in [4.69, 9.17) is 10.3 Å². The van der Waals surface area contributed by atoms with Gasteiger partial charge in [0.2, 0.25) is 5.89 Å². The Hall–Kier alpha value is -0.940. The first-order chi connectivity index (χ1) is 8.19. The predicted molar refractivity (Wildman–Crippen MR) is 65.3 cm³/mol. The van der Waals surface area contributed by atoms with Crippen molar-refractivity contribution in [1.82, 2.24) is 15.0 Å². The maximum atomic E-state index is 5.97. The summed E-state index contributed by atoms with van der Waals surface area (Å²) in [7, 11) is 0. The Bertz CT molecular complexity index is 350. The molecule has 0 bridgehead atoms. The van der Waals surface area contributed by atoms with Gasteiger partial charge in [0, 0.05) is 19.0 Å². The maximum absolute atomic E-state index is 5.97. The van der Waals surface area contributed by atoms with Crippen LogP contribution in [0.2, 0.25) is 0 Å². The number of nitrogens with zero attached hydrogens (tertiary/aromatic N) is 3. The largest absolute Gasteiger partial charge is 0.338 e. The van der Waals surface area contributed by atoms with Crippen molar-refractivity contribution in [2.75, 3.05) is 13.1 Å². The zero-order valence-electron chi connectivity index (χ0n) is 10.7. The van der Waals surface area contributed by atoms with Gasteiger partial charge in [0.05, 0.1) is 6.54 Å². The van der Waals surface area contributed by atoms with Crippen LogP contribution in [-0.2, 0) is 13.0 Å². The van der Waals surface area contributed by atoms with Gasteiger partial charge in [0.1, 0.15) is 0 Å². The summed E-state index contributed by atoms with van der Waals surface area (Å²) >= 11 is 0. The van der Waals surface area contributed by atoms with Gasteiger partial charge in [0.15, 0.2) is 5.82 Å². The molecule has 1 aliphatic rings. The van der Waals surface area contributed by atoms with Gasteiger partial charge >= 0.3 is 0 Å². The van der Waals surface area contributed by atoms with E-state index in [2.05, 4.69) is 22.0 Å². The van der Waals surface area contributed by atoms with Gasteiger partial charge in [-0.2, -0.15) is 4.98 Å². The van der Waals surface area contributed by atoms with E-state index in [-0.39, 0.29) is 6.04 Å². The Balaban J connectivity index is 1.90. The van der Waals surface area contributed by atoms with Crippen molar-refractivity contribution in [1.29, 1.82) is 0 Å².